The lowest BCUT2D eigenvalue weighted by Gasteiger charge is -2.12. The van der Waals surface area contributed by atoms with Gasteiger partial charge in [0.15, 0.2) is 0 Å². The molecule has 1 aromatic heterocycles. The van der Waals surface area contributed by atoms with Crippen molar-refractivity contribution in [2.45, 2.75) is 11.4 Å². The van der Waals surface area contributed by atoms with Crippen molar-refractivity contribution in [1.29, 1.82) is 0 Å². The van der Waals surface area contributed by atoms with Crippen molar-refractivity contribution in [2.75, 3.05) is 7.11 Å². The predicted molar refractivity (Wildman–Crippen MR) is 55.5 cm³/mol. The molecule has 13 heteroatoms. The average molecular weight is 317 g/mol. The van der Waals surface area contributed by atoms with Crippen molar-refractivity contribution in [3.8, 4) is 11.5 Å². The van der Waals surface area contributed by atoms with E-state index in [0.717, 1.165) is 7.11 Å². The summed E-state index contributed by atoms with van der Waals surface area (Å²) in [5.74, 6) is -2.38. The molecule has 0 spiro atoms. The third kappa shape index (κ3) is 3.45. The molecule has 0 saturated heterocycles. The summed E-state index contributed by atoms with van der Waals surface area (Å²) in [7, 11) is -3.74. The summed E-state index contributed by atoms with van der Waals surface area (Å²) >= 11 is 0. The Bertz CT molecular complexity index is 644. The highest BCUT2D eigenvalue weighted by Crippen LogP contribution is 2.41. The molecule has 0 aliphatic heterocycles. The standard InChI is InChI=1S/C7H6F3N3O6S/c1-18-5-4(13(14)15)3(19-7(8,9)10)2-12-6(5)20(11,16)17/h2H,1H3,(H2,11,16,17). The highest BCUT2D eigenvalue weighted by atomic mass is 32.2. The van der Waals surface area contributed by atoms with Crippen molar-refractivity contribution in [3.63, 3.8) is 0 Å². The molecule has 0 aliphatic carbocycles. The minimum atomic E-state index is -5.24. The number of pyridine rings is 1. The number of nitrogens with zero attached hydrogens (tertiary/aromatic N) is 2. The Hall–Kier alpha value is -2.15. The van der Waals surface area contributed by atoms with E-state index >= 15 is 0 Å². The minimum Gasteiger partial charge on any atom is -0.488 e. The van der Waals surface area contributed by atoms with E-state index < -0.39 is 43.5 Å². The molecular weight excluding hydrogens is 311 g/mol. The second-order valence-corrected chi connectivity index (χ2v) is 4.64. The van der Waals surface area contributed by atoms with Gasteiger partial charge in [0.25, 0.3) is 10.0 Å². The summed E-state index contributed by atoms with van der Waals surface area (Å²) in [5.41, 5.74) is -1.36. The molecule has 112 valence electrons. The van der Waals surface area contributed by atoms with Crippen LogP contribution in [0.2, 0.25) is 0 Å². The first-order chi connectivity index (χ1) is 8.97. The molecule has 0 atom stereocenters. The van der Waals surface area contributed by atoms with Gasteiger partial charge in [-0.2, -0.15) is 0 Å². The van der Waals surface area contributed by atoms with Gasteiger partial charge in [-0.3, -0.25) is 10.1 Å². The van der Waals surface area contributed by atoms with Gasteiger partial charge in [-0.05, 0) is 0 Å². The van der Waals surface area contributed by atoms with Crippen LogP contribution in [0, 0.1) is 10.1 Å². The molecule has 0 aromatic carbocycles. The lowest BCUT2D eigenvalue weighted by molar-refractivity contribution is -0.389. The first kappa shape index (κ1) is 15.9. The molecule has 0 aliphatic rings. The van der Waals surface area contributed by atoms with Crippen LogP contribution in [0.5, 0.6) is 11.5 Å². The molecule has 1 aromatic rings. The van der Waals surface area contributed by atoms with Crippen molar-refractivity contribution in [3.05, 3.63) is 16.3 Å². The topological polar surface area (TPSA) is 135 Å². The normalized spacial score (nSPS) is 12.1. The zero-order chi connectivity index (χ0) is 15.7. The van der Waals surface area contributed by atoms with Crippen molar-refractivity contribution in [2.24, 2.45) is 5.14 Å². The van der Waals surface area contributed by atoms with Crippen LogP contribution in [0.15, 0.2) is 11.2 Å². The van der Waals surface area contributed by atoms with Gasteiger partial charge in [-0.25, -0.2) is 18.5 Å². The van der Waals surface area contributed by atoms with E-state index in [9.17, 15) is 31.7 Å². The van der Waals surface area contributed by atoms with Gasteiger partial charge >= 0.3 is 12.0 Å². The van der Waals surface area contributed by atoms with Crippen LogP contribution in [0.3, 0.4) is 0 Å². The van der Waals surface area contributed by atoms with Gasteiger partial charge in [0, 0.05) is 0 Å². The van der Waals surface area contributed by atoms with Gasteiger partial charge in [0.1, 0.15) is 0 Å². The predicted octanol–water partition coefficient (Wildman–Crippen LogP) is 0.544. The van der Waals surface area contributed by atoms with E-state index in [2.05, 4.69) is 14.5 Å². The van der Waals surface area contributed by atoms with Crippen molar-refractivity contribution >= 4 is 15.7 Å². The number of ether oxygens (including phenoxy) is 2. The summed E-state index contributed by atoms with van der Waals surface area (Å²) in [5, 5.41) is 14.4. The molecule has 0 amide bonds. The maximum atomic E-state index is 12.1. The van der Waals surface area contributed by atoms with Crippen molar-refractivity contribution < 1.29 is 36.0 Å². The fraction of sp³-hybridized carbons (Fsp3) is 0.286. The number of hydrogen-bond donors (Lipinski definition) is 1. The van der Waals surface area contributed by atoms with Gasteiger partial charge in [0.2, 0.25) is 16.5 Å². The number of primary sulfonamides is 1. The Morgan fingerprint density at radius 1 is 1.45 bits per heavy atom. The monoisotopic (exact) mass is 317 g/mol. The molecule has 1 rings (SSSR count). The van der Waals surface area contributed by atoms with Gasteiger partial charge in [0.05, 0.1) is 18.2 Å². The molecule has 0 bridgehead atoms. The fourth-order valence-corrected chi connectivity index (χ4v) is 1.85. The third-order valence-electron chi connectivity index (χ3n) is 1.82. The van der Waals surface area contributed by atoms with Crippen LogP contribution < -0.4 is 14.6 Å². The molecule has 0 radical (unpaired) electrons. The smallest absolute Gasteiger partial charge is 0.488 e. The maximum absolute atomic E-state index is 12.1. The Morgan fingerprint density at radius 3 is 2.35 bits per heavy atom. The number of alkyl halides is 3. The first-order valence-corrected chi connectivity index (χ1v) is 6.02. The van der Waals surface area contributed by atoms with Crippen LogP contribution in [0.1, 0.15) is 0 Å². The Morgan fingerprint density at radius 2 is 2.00 bits per heavy atom. The maximum Gasteiger partial charge on any atom is 0.573 e. The number of methoxy groups -OCH3 is 1. The van der Waals surface area contributed by atoms with E-state index in [1.54, 1.807) is 0 Å². The third-order valence-corrected chi connectivity index (χ3v) is 2.65. The number of hydrogen-bond acceptors (Lipinski definition) is 7. The number of sulfonamides is 1. The van der Waals surface area contributed by atoms with Crippen LogP contribution in [-0.4, -0.2) is 31.8 Å². The molecule has 0 fully saturated rings. The SMILES string of the molecule is COc1c(S(N)(=O)=O)ncc(OC(F)(F)F)c1[N+](=O)[O-]. The molecule has 9 nitrogen and oxygen atoms in total. The Balaban J connectivity index is 3.63. The highest BCUT2D eigenvalue weighted by Gasteiger charge is 2.38. The molecule has 20 heavy (non-hydrogen) atoms. The second-order valence-electron chi connectivity index (χ2n) is 3.16. The zero-order valence-electron chi connectivity index (χ0n) is 9.54. The van der Waals surface area contributed by atoms with Crippen LogP contribution in [0.4, 0.5) is 18.9 Å². The quantitative estimate of drug-likeness (QED) is 0.632. The first-order valence-electron chi connectivity index (χ1n) is 4.47. The molecule has 0 unspecified atom stereocenters. The Labute approximate surface area is 109 Å². The number of nitro groups is 1. The second kappa shape index (κ2) is 5.09. The summed E-state index contributed by atoms with van der Waals surface area (Å²) in [4.78, 5) is 12.6. The fourth-order valence-electron chi connectivity index (χ4n) is 1.21. The molecule has 2 N–H and O–H groups in total. The number of halogens is 3. The summed E-state index contributed by atoms with van der Waals surface area (Å²) < 4.78 is 66.4. The summed E-state index contributed by atoms with van der Waals surface area (Å²) in [6.45, 7) is 0. The van der Waals surface area contributed by atoms with Crippen LogP contribution >= 0.6 is 0 Å². The zero-order valence-corrected chi connectivity index (χ0v) is 10.4. The van der Waals surface area contributed by atoms with Crippen LogP contribution in [0.25, 0.3) is 0 Å². The van der Waals surface area contributed by atoms with Crippen LogP contribution in [-0.2, 0) is 10.0 Å². The highest BCUT2D eigenvalue weighted by molar-refractivity contribution is 7.89. The van der Waals surface area contributed by atoms with E-state index in [1.165, 1.54) is 0 Å². The average Bonchev–Trinajstić information content (AvgIpc) is 2.23. The van der Waals surface area contributed by atoms with E-state index in [-0.39, 0.29) is 6.20 Å². The number of aromatic nitrogens is 1. The van der Waals surface area contributed by atoms with E-state index in [4.69, 9.17) is 5.14 Å². The molecule has 0 saturated carbocycles. The summed E-state index contributed by atoms with van der Waals surface area (Å²) in [6.07, 6.45) is -5.02. The van der Waals surface area contributed by atoms with Gasteiger partial charge < -0.3 is 9.47 Å². The van der Waals surface area contributed by atoms with E-state index in [0.29, 0.717) is 0 Å². The Kier molecular flexibility index (Phi) is 4.04. The molecular formula is C7H6F3N3O6S. The lowest BCUT2D eigenvalue weighted by atomic mass is 10.3. The minimum absolute atomic E-state index is 0.216. The number of rotatable bonds is 4. The van der Waals surface area contributed by atoms with Crippen molar-refractivity contribution in [1.82, 2.24) is 4.98 Å². The lowest BCUT2D eigenvalue weighted by Crippen LogP contribution is -2.20. The largest absolute Gasteiger partial charge is 0.573 e. The molecule has 1 heterocycles. The summed E-state index contributed by atoms with van der Waals surface area (Å²) in [6, 6.07) is 0. The number of nitrogens with two attached hydrogens (primary N) is 1. The van der Waals surface area contributed by atoms with E-state index in [1.807, 2.05) is 0 Å². The van der Waals surface area contributed by atoms with Gasteiger partial charge in [-0.1, -0.05) is 0 Å². The van der Waals surface area contributed by atoms with Gasteiger partial charge in [-0.15, -0.1) is 13.2 Å².